The lowest BCUT2D eigenvalue weighted by Crippen LogP contribution is -2.51. The van der Waals surface area contributed by atoms with Gasteiger partial charge >= 0.3 is 6.03 Å². The Kier molecular flexibility index (Phi) is 6.04. The van der Waals surface area contributed by atoms with Crippen LogP contribution in [-0.2, 0) is 0 Å². The fourth-order valence-corrected chi connectivity index (χ4v) is 3.74. The molecule has 2 aromatic heterocycles. The van der Waals surface area contributed by atoms with E-state index in [4.69, 9.17) is 20.9 Å². The van der Waals surface area contributed by atoms with Crippen LogP contribution in [-0.4, -0.2) is 42.4 Å². The van der Waals surface area contributed by atoms with Gasteiger partial charge in [-0.15, -0.1) is 0 Å². The van der Waals surface area contributed by atoms with E-state index in [0.717, 1.165) is 24.3 Å². The number of ether oxygens (including phenoxy) is 1. The lowest BCUT2D eigenvalue weighted by Gasteiger charge is -2.39. The van der Waals surface area contributed by atoms with Gasteiger partial charge in [-0.1, -0.05) is 16.8 Å². The molecule has 0 radical (unpaired) electrons. The Bertz CT molecular complexity index is 963. The molecule has 1 fully saturated rings. The molecule has 9 heteroatoms. The highest BCUT2D eigenvalue weighted by Crippen LogP contribution is 2.30. The van der Waals surface area contributed by atoms with Crippen LogP contribution in [0.25, 0.3) is 0 Å². The number of halogens is 1. The van der Waals surface area contributed by atoms with Crippen LogP contribution in [0, 0.1) is 0 Å². The van der Waals surface area contributed by atoms with Crippen LogP contribution < -0.4 is 20.3 Å². The fourth-order valence-electron chi connectivity index (χ4n) is 3.62. The van der Waals surface area contributed by atoms with E-state index in [2.05, 4.69) is 25.7 Å². The molecule has 1 saturated heterocycles. The van der Waals surface area contributed by atoms with Crippen molar-refractivity contribution in [2.24, 2.45) is 0 Å². The van der Waals surface area contributed by atoms with Crippen LogP contribution in [0.5, 0.6) is 5.75 Å². The Balaban J connectivity index is 1.50. The number of carbonyl (C=O) groups excluding carboxylic acids is 1. The van der Waals surface area contributed by atoms with Crippen LogP contribution in [0.2, 0.25) is 5.02 Å². The maximum Gasteiger partial charge on any atom is 0.319 e. The molecule has 3 aromatic rings. The van der Waals surface area contributed by atoms with Gasteiger partial charge in [-0.25, -0.2) is 4.79 Å². The summed E-state index contributed by atoms with van der Waals surface area (Å²) in [4.78, 5) is 19.4. The summed E-state index contributed by atoms with van der Waals surface area (Å²) in [7, 11) is 1.61. The van der Waals surface area contributed by atoms with E-state index in [1.54, 1.807) is 50.0 Å². The van der Waals surface area contributed by atoms with E-state index in [9.17, 15) is 4.79 Å². The second-order valence-electron chi connectivity index (χ2n) is 7.06. The summed E-state index contributed by atoms with van der Waals surface area (Å²) in [6, 6.07) is 10.5. The van der Waals surface area contributed by atoms with E-state index in [-0.39, 0.29) is 18.0 Å². The highest BCUT2D eigenvalue weighted by atomic mass is 35.5. The number of rotatable bonds is 5. The van der Waals surface area contributed by atoms with Crippen LogP contribution in [0.4, 0.5) is 16.2 Å². The van der Waals surface area contributed by atoms with Crippen molar-refractivity contribution >= 4 is 29.0 Å². The molecule has 2 amide bonds. The monoisotopic (exact) mass is 427 g/mol. The fraction of sp³-hybridized carbons (Fsp3) is 0.286. The van der Waals surface area contributed by atoms with Gasteiger partial charge in [-0.3, -0.25) is 4.98 Å². The van der Waals surface area contributed by atoms with Crippen molar-refractivity contribution in [3.8, 4) is 5.75 Å². The number of benzene rings is 1. The molecular formula is C21H22ClN5O3. The quantitative estimate of drug-likeness (QED) is 0.641. The van der Waals surface area contributed by atoms with Gasteiger partial charge < -0.3 is 24.8 Å². The number of methoxy groups -OCH3 is 1. The normalized spacial score (nSPS) is 18.7. The molecule has 1 aliphatic heterocycles. The average Bonchev–Trinajstić information content (AvgIpc) is 3.31. The van der Waals surface area contributed by atoms with E-state index in [1.165, 1.54) is 0 Å². The molecule has 0 saturated carbocycles. The third-order valence-corrected chi connectivity index (χ3v) is 5.44. The van der Waals surface area contributed by atoms with Gasteiger partial charge in [0.05, 0.1) is 25.2 Å². The second-order valence-corrected chi connectivity index (χ2v) is 7.49. The van der Waals surface area contributed by atoms with Gasteiger partial charge in [0.25, 0.3) is 0 Å². The zero-order valence-electron chi connectivity index (χ0n) is 16.4. The minimum atomic E-state index is -0.265. The highest BCUT2D eigenvalue weighted by molar-refractivity contribution is 6.30. The summed E-state index contributed by atoms with van der Waals surface area (Å²) in [6.07, 6.45) is 5.76. The predicted octanol–water partition coefficient (Wildman–Crippen LogP) is 3.92. The molecular weight excluding hydrogens is 406 g/mol. The lowest BCUT2D eigenvalue weighted by atomic mass is 9.88. The zero-order valence-corrected chi connectivity index (χ0v) is 17.2. The molecule has 3 heterocycles. The van der Waals surface area contributed by atoms with Crippen LogP contribution >= 0.6 is 11.6 Å². The number of nitrogens with one attached hydrogen (secondary N) is 2. The van der Waals surface area contributed by atoms with Crippen LogP contribution in [0.15, 0.2) is 59.6 Å². The maximum absolute atomic E-state index is 12.6. The van der Waals surface area contributed by atoms with E-state index < -0.39 is 0 Å². The topological polar surface area (TPSA) is 92.5 Å². The summed E-state index contributed by atoms with van der Waals surface area (Å²) in [5, 5.41) is 10.4. The highest BCUT2D eigenvalue weighted by Gasteiger charge is 2.33. The number of nitrogens with zero attached hydrogens (tertiary/aromatic N) is 3. The summed E-state index contributed by atoms with van der Waals surface area (Å²) in [5.74, 6) is 0.672. The Morgan fingerprint density at radius 1 is 1.23 bits per heavy atom. The van der Waals surface area contributed by atoms with Crippen molar-refractivity contribution in [2.45, 2.75) is 18.4 Å². The largest absolute Gasteiger partial charge is 0.495 e. The third-order valence-electron chi connectivity index (χ3n) is 5.19. The van der Waals surface area contributed by atoms with Gasteiger partial charge in [0.1, 0.15) is 12.0 Å². The first kappa shape index (κ1) is 20.0. The number of hydrogen-bond donors (Lipinski definition) is 2. The van der Waals surface area contributed by atoms with Gasteiger partial charge in [0, 0.05) is 41.5 Å². The molecule has 2 N–H and O–H groups in total. The van der Waals surface area contributed by atoms with Gasteiger partial charge in [-0.2, -0.15) is 0 Å². The number of hydrogen-bond acceptors (Lipinski definition) is 6. The first-order valence-corrected chi connectivity index (χ1v) is 9.97. The van der Waals surface area contributed by atoms with Gasteiger partial charge in [0.15, 0.2) is 0 Å². The minimum Gasteiger partial charge on any atom is -0.495 e. The SMILES string of the molecule is COc1ccc([C@@H]2CN(c3cnoc3)CC[C@H]2NC(=O)Nc2ccc(Cl)cc2)nc1. The molecule has 0 unspecified atom stereocenters. The van der Waals surface area contributed by atoms with Crippen molar-refractivity contribution in [1.82, 2.24) is 15.5 Å². The second kappa shape index (κ2) is 9.04. The predicted molar refractivity (Wildman–Crippen MR) is 114 cm³/mol. The molecule has 0 aliphatic carbocycles. The number of pyridine rings is 1. The van der Waals surface area contributed by atoms with E-state index in [1.807, 2.05) is 12.1 Å². The minimum absolute atomic E-state index is 0.0180. The van der Waals surface area contributed by atoms with Crippen LogP contribution in [0.1, 0.15) is 18.0 Å². The molecule has 4 rings (SSSR count). The number of anilines is 2. The maximum atomic E-state index is 12.6. The summed E-state index contributed by atoms with van der Waals surface area (Å²) >= 11 is 5.91. The first-order valence-electron chi connectivity index (χ1n) is 9.60. The Morgan fingerprint density at radius 2 is 2.07 bits per heavy atom. The van der Waals surface area contributed by atoms with Crippen molar-refractivity contribution in [1.29, 1.82) is 0 Å². The summed E-state index contributed by atoms with van der Waals surface area (Å²) in [6.45, 7) is 1.44. The molecule has 2 atom stereocenters. The first-order chi connectivity index (χ1) is 14.6. The summed E-state index contributed by atoms with van der Waals surface area (Å²) < 4.78 is 10.2. The van der Waals surface area contributed by atoms with Gasteiger partial charge in [-0.05, 0) is 42.8 Å². The smallest absolute Gasteiger partial charge is 0.319 e. The Morgan fingerprint density at radius 3 is 2.73 bits per heavy atom. The molecule has 8 nitrogen and oxygen atoms in total. The molecule has 0 bridgehead atoms. The zero-order chi connectivity index (χ0) is 20.9. The number of amides is 2. The molecule has 0 spiro atoms. The lowest BCUT2D eigenvalue weighted by molar-refractivity contribution is 0.243. The van der Waals surface area contributed by atoms with Gasteiger partial charge in [0.2, 0.25) is 0 Å². The number of carbonyl (C=O) groups is 1. The number of piperidine rings is 1. The third kappa shape index (κ3) is 4.65. The van der Waals surface area contributed by atoms with E-state index >= 15 is 0 Å². The molecule has 1 aromatic carbocycles. The van der Waals surface area contributed by atoms with Crippen LogP contribution in [0.3, 0.4) is 0 Å². The Hall–Kier alpha value is -3.26. The molecule has 30 heavy (non-hydrogen) atoms. The summed E-state index contributed by atoms with van der Waals surface area (Å²) in [5.41, 5.74) is 2.48. The number of urea groups is 1. The molecule has 156 valence electrons. The van der Waals surface area contributed by atoms with Crippen molar-refractivity contribution < 1.29 is 14.1 Å². The van der Waals surface area contributed by atoms with Crippen molar-refractivity contribution in [2.75, 3.05) is 30.4 Å². The number of aromatic nitrogens is 2. The van der Waals surface area contributed by atoms with Crippen molar-refractivity contribution in [3.05, 3.63) is 65.8 Å². The molecule has 1 aliphatic rings. The average molecular weight is 428 g/mol. The Labute approximate surface area is 179 Å². The standard InChI is InChI=1S/C21H22ClN5O3/c1-29-17-6-7-19(23-11-17)18-12-27(16-10-24-30-13-16)9-8-20(18)26-21(28)25-15-4-2-14(22)3-5-15/h2-7,10-11,13,18,20H,8-9,12H2,1H3,(H2,25,26,28)/t18-,20+/m0/s1. The van der Waals surface area contributed by atoms with Crippen molar-refractivity contribution in [3.63, 3.8) is 0 Å². The van der Waals surface area contributed by atoms with E-state index in [0.29, 0.717) is 23.0 Å².